The fourth-order valence-electron chi connectivity index (χ4n) is 1.89. The van der Waals surface area contributed by atoms with E-state index in [0.29, 0.717) is 6.04 Å². The number of para-hydroxylation sites is 1. The van der Waals surface area contributed by atoms with E-state index in [-0.39, 0.29) is 0 Å². The van der Waals surface area contributed by atoms with Crippen LogP contribution in [0.5, 0.6) is 0 Å². The molecule has 0 N–H and O–H groups in total. The molecule has 2 nitrogen and oxygen atoms in total. The Kier molecular flexibility index (Phi) is 2.58. The lowest BCUT2D eigenvalue weighted by molar-refractivity contribution is -0.721. The first-order valence-corrected chi connectivity index (χ1v) is 5.34. The van der Waals surface area contributed by atoms with Crippen molar-refractivity contribution in [3.63, 3.8) is 0 Å². The maximum absolute atomic E-state index is 2.27. The minimum Gasteiger partial charge on any atom is -0.232 e. The molecule has 0 spiro atoms. The number of imidazole rings is 1. The van der Waals surface area contributed by atoms with Gasteiger partial charge in [-0.05, 0) is 26.0 Å². The molecule has 15 heavy (non-hydrogen) atoms. The maximum Gasteiger partial charge on any atom is 0.258 e. The lowest BCUT2D eigenvalue weighted by Gasteiger charge is -2.03. The van der Waals surface area contributed by atoms with Gasteiger partial charge >= 0.3 is 0 Å². The summed E-state index contributed by atoms with van der Waals surface area (Å²) in [5.41, 5.74) is 1.22. The molecule has 0 amide bonds. The fraction of sp³-hybridized carbons (Fsp3) is 0.308. The second-order valence-corrected chi connectivity index (χ2v) is 4.05. The second kappa shape index (κ2) is 3.89. The zero-order valence-corrected chi connectivity index (χ0v) is 9.51. The van der Waals surface area contributed by atoms with E-state index in [2.05, 4.69) is 66.6 Å². The van der Waals surface area contributed by atoms with Crippen LogP contribution in [-0.2, 0) is 0 Å². The van der Waals surface area contributed by atoms with Crippen LogP contribution in [0.15, 0.2) is 42.7 Å². The number of rotatable bonds is 2. The lowest BCUT2D eigenvalue weighted by Crippen LogP contribution is -2.37. The van der Waals surface area contributed by atoms with E-state index in [4.69, 9.17) is 0 Å². The molecule has 78 valence electrons. The van der Waals surface area contributed by atoms with Crippen molar-refractivity contribution in [2.45, 2.75) is 26.8 Å². The fourth-order valence-corrected chi connectivity index (χ4v) is 1.89. The van der Waals surface area contributed by atoms with Crippen molar-refractivity contribution in [2.24, 2.45) is 0 Å². The van der Waals surface area contributed by atoms with E-state index in [1.165, 1.54) is 11.5 Å². The Hall–Kier alpha value is -1.57. The first-order chi connectivity index (χ1) is 7.20. The zero-order chi connectivity index (χ0) is 10.8. The van der Waals surface area contributed by atoms with Crippen molar-refractivity contribution in [1.82, 2.24) is 4.57 Å². The molecule has 0 aliphatic heterocycles. The highest BCUT2D eigenvalue weighted by Gasteiger charge is 2.15. The number of nitrogens with zero attached hydrogens (tertiary/aromatic N) is 2. The van der Waals surface area contributed by atoms with E-state index in [9.17, 15) is 0 Å². The molecule has 0 aliphatic carbocycles. The molecule has 0 aliphatic rings. The first kappa shape index (κ1) is 9.97. The van der Waals surface area contributed by atoms with Crippen LogP contribution in [0, 0.1) is 6.92 Å². The summed E-state index contributed by atoms with van der Waals surface area (Å²) in [6, 6.07) is 10.9. The molecule has 0 bridgehead atoms. The Morgan fingerprint density at radius 3 is 2.33 bits per heavy atom. The number of hydrogen-bond acceptors (Lipinski definition) is 0. The van der Waals surface area contributed by atoms with Crippen molar-refractivity contribution in [2.75, 3.05) is 0 Å². The van der Waals surface area contributed by atoms with Crippen molar-refractivity contribution < 1.29 is 4.57 Å². The summed E-state index contributed by atoms with van der Waals surface area (Å²) < 4.78 is 4.48. The summed E-state index contributed by atoms with van der Waals surface area (Å²) in [4.78, 5) is 0. The Bertz CT molecular complexity index is 441. The van der Waals surface area contributed by atoms with E-state index in [1.807, 2.05) is 6.07 Å². The van der Waals surface area contributed by atoms with Crippen molar-refractivity contribution in [3.05, 3.63) is 48.5 Å². The summed E-state index contributed by atoms with van der Waals surface area (Å²) in [6.45, 7) is 6.54. The van der Waals surface area contributed by atoms with Crippen molar-refractivity contribution in [3.8, 4) is 5.69 Å². The normalized spacial score (nSPS) is 10.9. The quantitative estimate of drug-likeness (QED) is 0.660. The van der Waals surface area contributed by atoms with E-state index in [0.717, 1.165) is 0 Å². The van der Waals surface area contributed by atoms with Crippen molar-refractivity contribution in [1.29, 1.82) is 0 Å². The predicted molar refractivity (Wildman–Crippen MR) is 61.1 cm³/mol. The topological polar surface area (TPSA) is 8.81 Å². The maximum atomic E-state index is 2.27. The molecule has 0 unspecified atom stereocenters. The molecule has 0 atom stereocenters. The highest BCUT2D eigenvalue weighted by Crippen LogP contribution is 2.09. The molecule has 1 heterocycles. The number of benzene rings is 1. The van der Waals surface area contributed by atoms with Crippen LogP contribution in [0.4, 0.5) is 0 Å². The Balaban J connectivity index is 2.47. The van der Waals surface area contributed by atoms with Crippen LogP contribution in [-0.4, -0.2) is 4.57 Å². The summed E-state index contributed by atoms with van der Waals surface area (Å²) in [7, 11) is 0. The van der Waals surface area contributed by atoms with Gasteiger partial charge in [-0.25, -0.2) is 9.13 Å². The Labute approximate surface area is 90.8 Å². The molecule has 0 fully saturated rings. The summed E-state index contributed by atoms with van der Waals surface area (Å²) in [5.74, 6) is 1.26. The van der Waals surface area contributed by atoms with E-state index in [1.54, 1.807) is 0 Å². The molecular formula is C13H17N2+. The summed E-state index contributed by atoms with van der Waals surface area (Å²) in [5, 5.41) is 0. The standard InChI is InChI=1S/C13H17N2/c1-11(2)14-9-10-15(12(14)3)13-7-5-4-6-8-13/h4-11H,1-3H3/q+1. The molecule has 0 saturated heterocycles. The number of aromatic nitrogens is 2. The predicted octanol–water partition coefficient (Wildman–Crippen LogP) is 2.65. The van der Waals surface area contributed by atoms with Gasteiger partial charge in [0, 0.05) is 6.92 Å². The summed E-state index contributed by atoms with van der Waals surface area (Å²) >= 11 is 0. The monoisotopic (exact) mass is 201 g/mol. The molecule has 0 saturated carbocycles. The summed E-state index contributed by atoms with van der Waals surface area (Å²) in [6.07, 6.45) is 4.25. The minimum atomic E-state index is 0.509. The van der Waals surface area contributed by atoms with Gasteiger partial charge in [-0.3, -0.25) is 0 Å². The van der Waals surface area contributed by atoms with Crippen LogP contribution in [0.3, 0.4) is 0 Å². The minimum absolute atomic E-state index is 0.509. The Morgan fingerprint density at radius 1 is 1.13 bits per heavy atom. The van der Waals surface area contributed by atoms with E-state index < -0.39 is 0 Å². The highest BCUT2D eigenvalue weighted by atomic mass is 15.2. The molecule has 0 radical (unpaired) electrons. The molecule has 2 rings (SSSR count). The molecular weight excluding hydrogens is 184 g/mol. The van der Waals surface area contributed by atoms with Gasteiger partial charge < -0.3 is 0 Å². The first-order valence-electron chi connectivity index (χ1n) is 5.34. The van der Waals surface area contributed by atoms with Crippen LogP contribution >= 0.6 is 0 Å². The third-order valence-corrected chi connectivity index (χ3v) is 2.69. The van der Waals surface area contributed by atoms with Gasteiger partial charge in [-0.2, -0.15) is 0 Å². The van der Waals surface area contributed by atoms with E-state index >= 15 is 0 Å². The molecule has 1 aromatic carbocycles. The van der Waals surface area contributed by atoms with Gasteiger partial charge in [-0.1, -0.05) is 18.2 Å². The van der Waals surface area contributed by atoms with Gasteiger partial charge in [0.05, 0.1) is 6.04 Å². The van der Waals surface area contributed by atoms with Gasteiger partial charge in [0.1, 0.15) is 18.1 Å². The van der Waals surface area contributed by atoms with Gasteiger partial charge in [0.15, 0.2) is 0 Å². The van der Waals surface area contributed by atoms with Gasteiger partial charge in [-0.15, -0.1) is 0 Å². The molecule has 1 aromatic heterocycles. The second-order valence-electron chi connectivity index (χ2n) is 4.05. The van der Waals surface area contributed by atoms with Crippen LogP contribution in [0.1, 0.15) is 25.7 Å². The number of hydrogen-bond donors (Lipinski definition) is 0. The average molecular weight is 201 g/mol. The van der Waals surface area contributed by atoms with Crippen molar-refractivity contribution >= 4 is 0 Å². The van der Waals surface area contributed by atoms with Gasteiger partial charge in [0.2, 0.25) is 0 Å². The molecule has 2 heteroatoms. The third kappa shape index (κ3) is 1.80. The van der Waals surface area contributed by atoms with Gasteiger partial charge in [0.25, 0.3) is 5.82 Å². The SMILES string of the molecule is Cc1n(-c2ccccc2)cc[n+]1C(C)C. The van der Waals surface area contributed by atoms with Crippen LogP contribution in [0.25, 0.3) is 5.69 Å². The zero-order valence-electron chi connectivity index (χ0n) is 9.51. The molecule has 2 aromatic rings. The smallest absolute Gasteiger partial charge is 0.232 e. The largest absolute Gasteiger partial charge is 0.258 e. The highest BCUT2D eigenvalue weighted by molar-refractivity contribution is 5.31. The lowest BCUT2D eigenvalue weighted by atomic mass is 10.3. The Morgan fingerprint density at radius 2 is 1.80 bits per heavy atom. The third-order valence-electron chi connectivity index (χ3n) is 2.69. The average Bonchev–Trinajstić information content (AvgIpc) is 2.61. The van der Waals surface area contributed by atoms with Crippen LogP contribution < -0.4 is 4.57 Å². The van der Waals surface area contributed by atoms with Crippen LogP contribution in [0.2, 0.25) is 0 Å².